The summed E-state index contributed by atoms with van der Waals surface area (Å²) in [5.41, 5.74) is 6.26. The van der Waals surface area contributed by atoms with Crippen molar-refractivity contribution < 1.29 is 5.11 Å². The molecule has 1 aliphatic carbocycles. The van der Waals surface area contributed by atoms with Crippen molar-refractivity contribution >= 4 is 5.69 Å². The number of nitrogens with two attached hydrogens (primary N) is 1. The highest BCUT2D eigenvalue weighted by atomic mass is 16.3. The van der Waals surface area contributed by atoms with Crippen LogP contribution in [0.4, 0.5) is 5.69 Å². The summed E-state index contributed by atoms with van der Waals surface area (Å²) < 4.78 is 1.83. The Morgan fingerprint density at radius 1 is 1.50 bits per heavy atom. The summed E-state index contributed by atoms with van der Waals surface area (Å²) >= 11 is 0. The first kappa shape index (κ1) is 9.52. The van der Waals surface area contributed by atoms with Gasteiger partial charge in [0, 0.05) is 18.7 Å². The molecule has 0 aliphatic heterocycles. The molecule has 2 unspecified atom stereocenters. The topological polar surface area (TPSA) is 64.1 Å². The van der Waals surface area contributed by atoms with Crippen LogP contribution in [0.3, 0.4) is 0 Å². The fourth-order valence-electron chi connectivity index (χ4n) is 2.12. The zero-order chi connectivity index (χ0) is 9.97. The monoisotopic (exact) mass is 195 g/mol. The smallest absolute Gasteiger partial charge is 0.0719 e. The van der Waals surface area contributed by atoms with Crippen molar-refractivity contribution in [1.82, 2.24) is 9.78 Å². The highest BCUT2D eigenvalue weighted by Gasteiger charge is 2.23. The SMILES string of the molecule is Nc1cnn(CC2CCCCC2O)c1. The second kappa shape index (κ2) is 4.00. The molecule has 2 rings (SSSR count). The van der Waals surface area contributed by atoms with Gasteiger partial charge in [0.15, 0.2) is 0 Å². The highest BCUT2D eigenvalue weighted by molar-refractivity contribution is 5.30. The molecule has 0 saturated heterocycles. The van der Waals surface area contributed by atoms with Crippen LogP contribution in [0.2, 0.25) is 0 Å². The van der Waals surface area contributed by atoms with E-state index in [1.807, 2.05) is 10.9 Å². The second-order valence-corrected chi connectivity index (χ2v) is 4.11. The fourth-order valence-corrected chi connectivity index (χ4v) is 2.12. The van der Waals surface area contributed by atoms with Gasteiger partial charge in [-0.15, -0.1) is 0 Å². The minimum absolute atomic E-state index is 0.158. The molecule has 3 N–H and O–H groups in total. The minimum Gasteiger partial charge on any atom is -0.396 e. The van der Waals surface area contributed by atoms with Gasteiger partial charge in [0.05, 0.1) is 18.0 Å². The molecule has 0 bridgehead atoms. The zero-order valence-corrected chi connectivity index (χ0v) is 8.26. The lowest BCUT2D eigenvalue weighted by Crippen LogP contribution is -2.28. The third-order valence-corrected chi connectivity index (χ3v) is 2.94. The first-order chi connectivity index (χ1) is 6.75. The number of aromatic nitrogens is 2. The quantitative estimate of drug-likeness (QED) is 0.740. The van der Waals surface area contributed by atoms with Gasteiger partial charge in [-0.05, 0) is 12.8 Å². The van der Waals surface area contributed by atoms with Crippen molar-refractivity contribution in [2.45, 2.75) is 38.3 Å². The molecule has 2 atom stereocenters. The van der Waals surface area contributed by atoms with E-state index in [2.05, 4.69) is 5.10 Å². The van der Waals surface area contributed by atoms with Crippen LogP contribution >= 0.6 is 0 Å². The van der Waals surface area contributed by atoms with E-state index in [1.54, 1.807) is 6.20 Å². The number of aliphatic hydroxyl groups is 1. The molecule has 0 amide bonds. The van der Waals surface area contributed by atoms with Crippen LogP contribution in [-0.2, 0) is 6.54 Å². The lowest BCUT2D eigenvalue weighted by Gasteiger charge is -2.27. The van der Waals surface area contributed by atoms with Crippen LogP contribution in [0.5, 0.6) is 0 Å². The average Bonchev–Trinajstić information content (AvgIpc) is 2.56. The van der Waals surface area contributed by atoms with Gasteiger partial charge in [-0.3, -0.25) is 4.68 Å². The van der Waals surface area contributed by atoms with Crippen molar-refractivity contribution in [2.75, 3.05) is 5.73 Å². The Kier molecular flexibility index (Phi) is 2.72. The maximum Gasteiger partial charge on any atom is 0.0719 e. The maximum atomic E-state index is 9.76. The number of aliphatic hydroxyl groups excluding tert-OH is 1. The summed E-state index contributed by atoms with van der Waals surface area (Å²) in [5.74, 6) is 0.350. The van der Waals surface area contributed by atoms with Gasteiger partial charge in [0.25, 0.3) is 0 Å². The molecule has 1 aliphatic rings. The van der Waals surface area contributed by atoms with Crippen molar-refractivity contribution in [3.8, 4) is 0 Å². The van der Waals surface area contributed by atoms with Crippen molar-refractivity contribution in [3.63, 3.8) is 0 Å². The molecule has 78 valence electrons. The number of anilines is 1. The molecular formula is C10H17N3O. The predicted octanol–water partition coefficient (Wildman–Crippen LogP) is 1.02. The van der Waals surface area contributed by atoms with Crippen molar-refractivity contribution in [2.24, 2.45) is 5.92 Å². The van der Waals surface area contributed by atoms with E-state index in [0.29, 0.717) is 11.6 Å². The third-order valence-electron chi connectivity index (χ3n) is 2.94. The van der Waals surface area contributed by atoms with Crippen LogP contribution in [-0.4, -0.2) is 21.0 Å². The van der Waals surface area contributed by atoms with Crippen LogP contribution in [0.1, 0.15) is 25.7 Å². The number of nitrogen functional groups attached to an aromatic ring is 1. The van der Waals surface area contributed by atoms with Gasteiger partial charge in [-0.1, -0.05) is 12.8 Å². The van der Waals surface area contributed by atoms with Crippen molar-refractivity contribution in [3.05, 3.63) is 12.4 Å². The van der Waals surface area contributed by atoms with Crippen LogP contribution < -0.4 is 5.73 Å². The lowest BCUT2D eigenvalue weighted by molar-refractivity contribution is 0.0587. The van der Waals surface area contributed by atoms with E-state index < -0.39 is 0 Å². The van der Waals surface area contributed by atoms with Gasteiger partial charge in [0.2, 0.25) is 0 Å². The molecule has 0 radical (unpaired) electrons. The number of hydrogen-bond donors (Lipinski definition) is 2. The Hall–Kier alpha value is -1.03. The number of nitrogens with zero attached hydrogens (tertiary/aromatic N) is 2. The molecule has 0 aromatic carbocycles. The van der Waals surface area contributed by atoms with E-state index in [4.69, 9.17) is 5.73 Å². The van der Waals surface area contributed by atoms with E-state index in [9.17, 15) is 5.11 Å². The molecule has 1 fully saturated rings. The molecule has 1 heterocycles. The lowest BCUT2D eigenvalue weighted by atomic mass is 9.86. The molecule has 1 aromatic heterocycles. The largest absolute Gasteiger partial charge is 0.396 e. The summed E-state index contributed by atoms with van der Waals surface area (Å²) in [6.45, 7) is 0.790. The Bertz CT molecular complexity index is 297. The van der Waals surface area contributed by atoms with Gasteiger partial charge in [0.1, 0.15) is 0 Å². The van der Waals surface area contributed by atoms with Crippen molar-refractivity contribution in [1.29, 1.82) is 0 Å². The summed E-state index contributed by atoms with van der Waals surface area (Å²) in [4.78, 5) is 0. The molecule has 0 spiro atoms. The summed E-state index contributed by atoms with van der Waals surface area (Å²) in [7, 11) is 0. The average molecular weight is 195 g/mol. The summed E-state index contributed by atoms with van der Waals surface area (Å²) in [6, 6.07) is 0. The Labute approximate surface area is 83.7 Å². The van der Waals surface area contributed by atoms with Gasteiger partial charge in [-0.2, -0.15) is 5.10 Å². The van der Waals surface area contributed by atoms with E-state index in [0.717, 1.165) is 25.8 Å². The molecule has 1 saturated carbocycles. The molecular weight excluding hydrogens is 178 g/mol. The molecule has 4 heteroatoms. The van der Waals surface area contributed by atoms with Crippen LogP contribution in [0.15, 0.2) is 12.4 Å². The predicted molar refractivity (Wildman–Crippen MR) is 54.6 cm³/mol. The van der Waals surface area contributed by atoms with Gasteiger partial charge in [-0.25, -0.2) is 0 Å². The second-order valence-electron chi connectivity index (χ2n) is 4.11. The summed E-state index contributed by atoms with van der Waals surface area (Å²) in [6.07, 6.45) is 7.71. The summed E-state index contributed by atoms with van der Waals surface area (Å²) in [5, 5.41) is 13.9. The number of rotatable bonds is 2. The van der Waals surface area contributed by atoms with Crippen LogP contribution in [0, 0.1) is 5.92 Å². The maximum absolute atomic E-state index is 9.76. The van der Waals surface area contributed by atoms with Crippen LogP contribution in [0.25, 0.3) is 0 Å². The molecule has 1 aromatic rings. The fraction of sp³-hybridized carbons (Fsp3) is 0.700. The number of hydrogen-bond acceptors (Lipinski definition) is 3. The Morgan fingerprint density at radius 3 is 2.93 bits per heavy atom. The normalized spacial score (nSPS) is 27.8. The van der Waals surface area contributed by atoms with Gasteiger partial charge >= 0.3 is 0 Å². The highest BCUT2D eigenvalue weighted by Crippen LogP contribution is 2.25. The van der Waals surface area contributed by atoms with E-state index in [-0.39, 0.29) is 6.10 Å². The molecule has 4 nitrogen and oxygen atoms in total. The Morgan fingerprint density at radius 2 is 2.29 bits per heavy atom. The Balaban J connectivity index is 1.95. The third kappa shape index (κ3) is 2.07. The first-order valence-electron chi connectivity index (χ1n) is 5.21. The zero-order valence-electron chi connectivity index (χ0n) is 8.26. The van der Waals surface area contributed by atoms with Gasteiger partial charge < -0.3 is 10.8 Å². The molecule has 14 heavy (non-hydrogen) atoms. The minimum atomic E-state index is -0.158. The van der Waals surface area contributed by atoms with E-state index in [1.165, 1.54) is 6.42 Å². The first-order valence-corrected chi connectivity index (χ1v) is 5.21. The standard InChI is InChI=1S/C10H17N3O/c11-9-5-12-13(7-9)6-8-3-1-2-4-10(8)14/h5,7-8,10,14H,1-4,6,11H2. The van der Waals surface area contributed by atoms with E-state index >= 15 is 0 Å².